The van der Waals surface area contributed by atoms with Crippen molar-refractivity contribution < 1.29 is 4.39 Å². The van der Waals surface area contributed by atoms with Gasteiger partial charge < -0.3 is 5.73 Å². The van der Waals surface area contributed by atoms with E-state index < -0.39 is 0 Å². The van der Waals surface area contributed by atoms with Crippen LogP contribution in [-0.4, -0.2) is 9.78 Å². The maximum atomic E-state index is 13.2. The maximum absolute atomic E-state index is 13.2. The lowest BCUT2D eigenvalue weighted by Gasteiger charge is -2.07. The molecule has 0 atom stereocenters. The van der Waals surface area contributed by atoms with Gasteiger partial charge in [0.15, 0.2) is 0 Å². The summed E-state index contributed by atoms with van der Waals surface area (Å²) in [5, 5.41) is 4.75. The molecular formula is C11H11ClFN3. The number of hydrogen-bond donors (Lipinski definition) is 1. The van der Waals surface area contributed by atoms with Gasteiger partial charge in [-0.3, -0.25) is 0 Å². The zero-order chi connectivity index (χ0) is 11.9. The molecule has 0 aliphatic carbocycles. The Kier molecular flexibility index (Phi) is 2.59. The standard InChI is InChI=1S/C11H11ClFN3/c1-6-3-11(10(14)4-9(6)13)16-5-8(12)7(2)15-16/h3-5H,14H2,1-2H3. The van der Waals surface area contributed by atoms with Crippen molar-refractivity contribution >= 4 is 17.3 Å². The molecular weight excluding hydrogens is 229 g/mol. The monoisotopic (exact) mass is 239 g/mol. The highest BCUT2D eigenvalue weighted by molar-refractivity contribution is 6.31. The van der Waals surface area contributed by atoms with Crippen LogP contribution < -0.4 is 5.73 Å². The molecule has 0 unspecified atom stereocenters. The maximum Gasteiger partial charge on any atom is 0.128 e. The fourth-order valence-corrected chi connectivity index (χ4v) is 1.57. The number of hydrogen-bond acceptors (Lipinski definition) is 2. The largest absolute Gasteiger partial charge is 0.397 e. The van der Waals surface area contributed by atoms with Gasteiger partial charge >= 0.3 is 0 Å². The van der Waals surface area contributed by atoms with Gasteiger partial charge in [0.1, 0.15) is 5.82 Å². The van der Waals surface area contributed by atoms with Crippen molar-refractivity contribution in [3.8, 4) is 5.69 Å². The summed E-state index contributed by atoms with van der Waals surface area (Å²) in [7, 11) is 0. The van der Waals surface area contributed by atoms with Crippen molar-refractivity contribution in [3.05, 3.63) is 40.4 Å². The molecule has 0 aliphatic heterocycles. The van der Waals surface area contributed by atoms with Crippen molar-refractivity contribution in [2.24, 2.45) is 0 Å². The summed E-state index contributed by atoms with van der Waals surface area (Å²) in [5.74, 6) is -0.323. The highest BCUT2D eigenvalue weighted by atomic mass is 35.5. The smallest absolute Gasteiger partial charge is 0.128 e. The van der Waals surface area contributed by atoms with Gasteiger partial charge in [-0.15, -0.1) is 0 Å². The first-order valence-corrected chi connectivity index (χ1v) is 5.14. The number of rotatable bonds is 1. The Labute approximate surface area is 97.6 Å². The first kappa shape index (κ1) is 11.0. The minimum Gasteiger partial charge on any atom is -0.397 e. The van der Waals surface area contributed by atoms with Crippen LogP contribution in [0.15, 0.2) is 18.3 Å². The van der Waals surface area contributed by atoms with Crippen LogP contribution >= 0.6 is 11.6 Å². The Hall–Kier alpha value is -1.55. The van der Waals surface area contributed by atoms with Crippen LogP contribution in [0.3, 0.4) is 0 Å². The molecule has 0 bridgehead atoms. The number of nitrogens with zero attached hydrogens (tertiary/aromatic N) is 2. The summed E-state index contributed by atoms with van der Waals surface area (Å²) in [5.41, 5.74) is 7.94. The predicted molar refractivity (Wildman–Crippen MR) is 62.4 cm³/mol. The first-order chi connectivity index (χ1) is 7.49. The molecule has 0 aliphatic rings. The molecule has 84 valence electrons. The molecule has 1 aromatic heterocycles. The number of benzene rings is 1. The highest BCUT2D eigenvalue weighted by Gasteiger charge is 2.09. The molecule has 0 saturated heterocycles. The molecule has 2 rings (SSSR count). The van der Waals surface area contributed by atoms with Gasteiger partial charge in [-0.25, -0.2) is 9.07 Å². The average Bonchev–Trinajstić information content (AvgIpc) is 2.53. The first-order valence-electron chi connectivity index (χ1n) is 4.77. The summed E-state index contributed by atoms with van der Waals surface area (Å²) in [6, 6.07) is 2.93. The molecule has 0 fully saturated rings. The molecule has 2 aromatic rings. The van der Waals surface area contributed by atoms with E-state index in [1.54, 1.807) is 30.8 Å². The van der Waals surface area contributed by atoms with E-state index in [4.69, 9.17) is 17.3 Å². The van der Waals surface area contributed by atoms with Gasteiger partial charge in [-0.2, -0.15) is 5.10 Å². The Morgan fingerprint density at radius 3 is 2.62 bits per heavy atom. The summed E-state index contributed by atoms with van der Waals surface area (Å²) in [6.45, 7) is 3.47. The molecule has 0 radical (unpaired) electrons. The second-order valence-corrected chi connectivity index (χ2v) is 4.07. The third-order valence-electron chi connectivity index (χ3n) is 2.39. The van der Waals surface area contributed by atoms with E-state index in [1.165, 1.54) is 6.07 Å². The molecule has 0 saturated carbocycles. The minimum absolute atomic E-state index is 0.323. The van der Waals surface area contributed by atoms with Gasteiger partial charge in [-0.05, 0) is 31.5 Å². The number of aromatic nitrogens is 2. The zero-order valence-corrected chi connectivity index (χ0v) is 9.72. The molecule has 1 aromatic carbocycles. The van der Waals surface area contributed by atoms with Crippen LogP contribution in [0.5, 0.6) is 0 Å². The Morgan fingerprint density at radius 1 is 1.38 bits per heavy atom. The van der Waals surface area contributed by atoms with E-state index in [0.717, 1.165) is 0 Å². The van der Waals surface area contributed by atoms with Crippen LogP contribution in [-0.2, 0) is 0 Å². The summed E-state index contributed by atoms with van der Waals surface area (Å²) >= 11 is 5.90. The number of nitrogens with two attached hydrogens (primary N) is 1. The lowest BCUT2D eigenvalue weighted by Crippen LogP contribution is -2.02. The number of anilines is 1. The van der Waals surface area contributed by atoms with Crippen molar-refractivity contribution in [1.82, 2.24) is 9.78 Å². The minimum atomic E-state index is -0.323. The van der Waals surface area contributed by atoms with E-state index in [1.807, 2.05) is 0 Å². The van der Waals surface area contributed by atoms with Crippen molar-refractivity contribution in [2.45, 2.75) is 13.8 Å². The fraction of sp³-hybridized carbons (Fsp3) is 0.182. The van der Waals surface area contributed by atoms with Crippen molar-refractivity contribution in [1.29, 1.82) is 0 Å². The van der Waals surface area contributed by atoms with Gasteiger partial charge in [0.05, 0.1) is 22.1 Å². The van der Waals surface area contributed by atoms with E-state index in [0.29, 0.717) is 27.7 Å². The van der Waals surface area contributed by atoms with Crippen LogP contribution in [0.25, 0.3) is 5.69 Å². The molecule has 3 nitrogen and oxygen atoms in total. The number of halogens is 2. The third-order valence-corrected chi connectivity index (χ3v) is 2.76. The molecule has 1 heterocycles. The second kappa shape index (κ2) is 3.79. The fourth-order valence-electron chi connectivity index (χ4n) is 1.44. The van der Waals surface area contributed by atoms with Crippen LogP contribution in [0, 0.1) is 19.7 Å². The lowest BCUT2D eigenvalue weighted by atomic mass is 10.2. The number of nitrogen functional groups attached to an aromatic ring is 1. The summed E-state index contributed by atoms with van der Waals surface area (Å²) < 4.78 is 14.8. The lowest BCUT2D eigenvalue weighted by molar-refractivity contribution is 0.618. The van der Waals surface area contributed by atoms with E-state index in [2.05, 4.69) is 5.10 Å². The SMILES string of the molecule is Cc1cc(-n2cc(Cl)c(C)n2)c(N)cc1F. The number of aryl methyl sites for hydroxylation is 2. The van der Waals surface area contributed by atoms with Gasteiger partial charge in [0, 0.05) is 6.20 Å². The van der Waals surface area contributed by atoms with Crippen LogP contribution in [0.2, 0.25) is 5.02 Å². The predicted octanol–water partition coefficient (Wildman–Crippen LogP) is 2.86. The van der Waals surface area contributed by atoms with E-state index in [9.17, 15) is 4.39 Å². The van der Waals surface area contributed by atoms with Crippen LogP contribution in [0.1, 0.15) is 11.3 Å². The summed E-state index contributed by atoms with van der Waals surface area (Å²) in [6.07, 6.45) is 1.65. The van der Waals surface area contributed by atoms with Gasteiger partial charge in [-0.1, -0.05) is 11.6 Å². The zero-order valence-electron chi connectivity index (χ0n) is 8.96. The van der Waals surface area contributed by atoms with Crippen molar-refractivity contribution in [2.75, 3.05) is 5.73 Å². The molecule has 0 amide bonds. The van der Waals surface area contributed by atoms with E-state index in [-0.39, 0.29) is 5.82 Å². The summed E-state index contributed by atoms with van der Waals surface area (Å²) in [4.78, 5) is 0. The third kappa shape index (κ3) is 1.76. The second-order valence-electron chi connectivity index (χ2n) is 3.67. The van der Waals surface area contributed by atoms with Gasteiger partial charge in [0.25, 0.3) is 0 Å². The average molecular weight is 240 g/mol. The Morgan fingerprint density at radius 2 is 2.06 bits per heavy atom. The molecule has 5 heteroatoms. The van der Waals surface area contributed by atoms with Crippen LogP contribution in [0.4, 0.5) is 10.1 Å². The Balaban J connectivity index is 2.60. The topological polar surface area (TPSA) is 43.8 Å². The molecule has 2 N–H and O–H groups in total. The Bertz CT molecular complexity index is 529. The molecule has 16 heavy (non-hydrogen) atoms. The van der Waals surface area contributed by atoms with Crippen molar-refractivity contribution in [3.63, 3.8) is 0 Å². The van der Waals surface area contributed by atoms with E-state index >= 15 is 0 Å². The normalized spacial score (nSPS) is 10.8. The molecule has 0 spiro atoms. The quantitative estimate of drug-likeness (QED) is 0.778. The van der Waals surface area contributed by atoms with Gasteiger partial charge in [0.2, 0.25) is 0 Å². The highest BCUT2D eigenvalue weighted by Crippen LogP contribution is 2.23.